The predicted octanol–water partition coefficient (Wildman–Crippen LogP) is 4.37. The van der Waals surface area contributed by atoms with Crippen LogP contribution in [0.1, 0.15) is 24.0 Å². The molecule has 0 aliphatic heterocycles. The summed E-state index contributed by atoms with van der Waals surface area (Å²) in [5.74, 6) is 0. The van der Waals surface area contributed by atoms with Crippen molar-refractivity contribution < 1.29 is 27.2 Å². The van der Waals surface area contributed by atoms with E-state index in [-0.39, 0.29) is 12.2 Å². The number of unbranched alkanes of at least 4 members (excludes halogenated alkanes) is 1. The Morgan fingerprint density at radius 2 is 2.10 bits per heavy atom. The van der Waals surface area contributed by atoms with Gasteiger partial charge in [0.15, 0.2) is 0 Å². The second kappa shape index (κ2) is 7.07. The van der Waals surface area contributed by atoms with Gasteiger partial charge >= 0.3 is 13.8 Å². The van der Waals surface area contributed by atoms with E-state index in [1.54, 1.807) is 6.08 Å². The quantitative estimate of drug-likeness (QED) is 0.462. The summed E-state index contributed by atoms with van der Waals surface area (Å²) in [4.78, 5) is 9.59. The Morgan fingerprint density at radius 1 is 1.40 bits per heavy atom. The van der Waals surface area contributed by atoms with E-state index in [4.69, 9.17) is 4.52 Å². The third-order valence-electron chi connectivity index (χ3n) is 2.48. The molecular formula is C13H16F3O3P. The summed E-state index contributed by atoms with van der Waals surface area (Å²) in [5, 5.41) is 0. The van der Waals surface area contributed by atoms with Gasteiger partial charge in [0.2, 0.25) is 0 Å². The lowest BCUT2D eigenvalue weighted by molar-refractivity contribution is -0.137. The fraction of sp³-hybridized carbons (Fsp3) is 0.385. The standard InChI is InChI=1S/C13H16F3O3P/c1-2-3-4-8-19-20(17,18)10-11-6-5-7-12(9-11)13(14,15)16/h2,5-7,9H,1,3-4,8,10H2,(H,17,18). The first-order valence-electron chi connectivity index (χ1n) is 5.98. The molecule has 0 saturated heterocycles. The Balaban J connectivity index is 2.67. The van der Waals surface area contributed by atoms with Crippen LogP contribution in [-0.4, -0.2) is 11.5 Å². The molecule has 1 aromatic rings. The van der Waals surface area contributed by atoms with Gasteiger partial charge in [-0.1, -0.05) is 24.3 Å². The highest BCUT2D eigenvalue weighted by Crippen LogP contribution is 2.46. The molecule has 1 unspecified atom stereocenters. The lowest BCUT2D eigenvalue weighted by Crippen LogP contribution is -2.05. The van der Waals surface area contributed by atoms with Crippen LogP contribution >= 0.6 is 7.60 Å². The molecule has 0 spiro atoms. The van der Waals surface area contributed by atoms with Crippen molar-refractivity contribution in [2.75, 3.05) is 6.61 Å². The van der Waals surface area contributed by atoms with E-state index in [1.165, 1.54) is 12.1 Å². The molecule has 3 nitrogen and oxygen atoms in total. The predicted molar refractivity (Wildman–Crippen MR) is 70.4 cm³/mol. The van der Waals surface area contributed by atoms with Gasteiger partial charge < -0.3 is 9.42 Å². The lowest BCUT2D eigenvalue weighted by Gasteiger charge is -2.13. The van der Waals surface area contributed by atoms with Crippen LogP contribution in [0.2, 0.25) is 0 Å². The first-order chi connectivity index (χ1) is 9.24. The summed E-state index contributed by atoms with van der Waals surface area (Å²) in [5.41, 5.74) is -0.726. The van der Waals surface area contributed by atoms with Gasteiger partial charge in [-0.2, -0.15) is 13.2 Å². The van der Waals surface area contributed by atoms with E-state index >= 15 is 0 Å². The highest BCUT2D eigenvalue weighted by atomic mass is 31.2. The molecule has 0 saturated carbocycles. The smallest absolute Gasteiger partial charge is 0.324 e. The second-order valence-electron chi connectivity index (χ2n) is 4.26. The van der Waals surface area contributed by atoms with Gasteiger partial charge in [-0.3, -0.25) is 4.57 Å². The van der Waals surface area contributed by atoms with Gasteiger partial charge in [-0.15, -0.1) is 6.58 Å². The summed E-state index contributed by atoms with van der Waals surface area (Å²) in [7, 11) is -3.93. The maximum atomic E-state index is 12.5. The van der Waals surface area contributed by atoms with Crippen molar-refractivity contribution in [1.29, 1.82) is 0 Å². The highest BCUT2D eigenvalue weighted by molar-refractivity contribution is 7.51. The van der Waals surface area contributed by atoms with Gasteiger partial charge in [0.1, 0.15) is 0 Å². The molecule has 0 aliphatic carbocycles. The molecule has 1 rings (SSSR count). The van der Waals surface area contributed by atoms with Crippen LogP contribution in [0.15, 0.2) is 36.9 Å². The van der Waals surface area contributed by atoms with Gasteiger partial charge in [-0.25, -0.2) is 0 Å². The zero-order valence-electron chi connectivity index (χ0n) is 10.8. The number of halogens is 3. The third kappa shape index (κ3) is 5.90. The Bertz CT molecular complexity index is 500. The summed E-state index contributed by atoms with van der Waals surface area (Å²) in [6.07, 6.45) is -2.08. The van der Waals surface area contributed by atoms with E-state index in [0.29, 0.717) is 12.8 Å². The van der Waals surface area contributed by atoms with Crippen LogP contribution in [0.5, 0.6) is 0 Å². The Hall–Kier alpha value is -1.10. The first kappa shape index (κ1) is 17.0. The molecule has 0 aromatic heterocycles. The molecule has 1 aromatic carbocycles. The van der Waals surface area contributed by atoms with Crippen molar-refractivity contribution in [2.45, 2.75) is 25.2 Å². The summed E-state index contributed by atoms with van der Waals surface area (Å²) in [6.45, 7) is 3.57. The van der Waals surface area contributed by atoms with Crippen LogP contribution in [0.25, 0.3) is 0 Å². The van der Waals surface area contributed by atoms with E-state index in [2.05, 4.69) is 6.58 Å². The van der Waals surface area contributed by atoms with Crippen molar-refractivity contribution in [2.24, 2.45) is 0 Å². The minimum Gasteiger partial charge on any atom is -0.324 e. The number of alkyl halides is 3. The molecular weight excluding hydrogens is 292 g/mol. The fourth-order valence-corrected chi connectivity index (χ4v) is 2.72. The topological polar surface area (TPSA) is 46.5 Å². The van der Waals surface area contributed by atoms with E-state index in [9.17, 15) is 22.6 Å². The normalized spacial score (nSPS) is 14.8. The molecule has 0 amide bonds. The van der Waals surface area contributed by atoms with E-state index < -0.39 is 25.5 Å². The van der Waals surface area contributed by atoms with Crippen LogP contribution in [0, 0.1) is 0 Å². The molecule has 7 heteroatoms. The Kier molecular flexibility index (Phi) is 5.99. The van der Waals surface area contributed by atoms with Crippen LogP contribution in [-0.2, 0) is 21.4 Å². The summed E-state index contributed by atoms with van der Waals surface area (Å²) in [6, 6.07) is 4.34. The molecule has 20 heavy (non-hydrogen) atoms. The molecule has 0 fully saturated rings. The number of hydrogen-bond acceptors (Lipinski definition) is 2. The molecule has 0 heterocycles. The van der Waals surface area contributed by atoms with Crippen molar-refractivity contribution >= 4 is 7.60 Å². The summed E-state index contributed by atoms with van der Waals surface area (Å²) >= 11 is 0. The molecule has 0 bridgehead atoms. The van der Waals surface area contributed by atoms with E-state index in [0.717, 1.165) is 12.1 Å². The van der Waals surface area contributed by atoms with Crippen molar-refractivity contribution in [1.82, 2.24) is 0 Å². The van der Waals surface area contributed by atoms with Crippen molar-refractivity contribution in [3.63, 3.8) is 0 Å². The average molecular weight is 308 g/mol. The van der Waals surface area contributed by atoms with Gasteiger partial charge in [0.05, 0.1) is 18.3 Å². The minimum atomic E-state index is -4.47. The maximum Gasteiger partial charge on any atom is 0.416 e. The molecule has 0 aliphatic rings. The maximum absolute atomic E-state index is 12.5. The number of benzene rings is 1. The summed E-state index contributed by atoms with van der Waals surface area (Å²) < 4.78 is 54.1. The molecule has 1 N–H and O–H groups in total. The largest absolute Gasteiger partial charge is 0.416 e. The Labute approximate surface area is 115 Å². The van der Waals surface area contributed by atoms with Crippen LogP contribution in [0.3, 0.4) is 0 Å². The first-order valence-corrected chi connectivity index (χ1v) is 7.74. The monoisotopic (exact) mass is 308 g/mol. The lowest BCUT2D eigenvalue weighted by atomic mass is 10.1. The zero-order chi connectivity index (χ0) is 15.2. The third-order valence-corrected chi connectivity index (χ3v) is 3.83. The average Bonchev–Trinajstić information content (AvgIpc) is 2.33. The SMILES string of the molecule is C=CCCCOP(=O)(O)Cc1cccc(C(F)(F)F)c1. The highest BCUT2D eigenvalue weighted by Gasteiger charge is 2.31. The Morgan fingerprint density at radius 3 is 2.70 bits per heavy atom. The van der Waals surface area contributed by atoms with E-state index in [1.807, 2.05) is 0 Å². The van der Waals surface area contributed by atoms with Crippen molar-refractivity contribution in [3.05, 3.63) is 48.0 Å². The van der Waals surface area contributed by atoms with Crippen LogP contribution < -0.4 is 0 Å². The second-order valence-corrected chi connectivity index (χ2v) is 6.11. The number of allylic oxidation sites excluding steroid dienone is 1. The number of rotatable bonds is 7. The number of hydrogen-bond donors (Lipinski definition) is 1. The zero-order valence-corrected chi connectivity index (χ0v) is 11.7. The minimum absolute atomic E-state index is 0.0682. The molecule has 0 radical (unpaired) electrons. The molecule has 112 valence electrons. The van der Waals surface area contributed by atoms with Crippen LogP contribution in [0.4, 0.5) is 13.2 Å². The van der Waals surface area contributed by atoms with Gasteiger partial charge in [0, 0.05) is 0 Å². The fourth-order valence-electron chi connectivity index (χ4n) is 1.56. The van der Waals surface area contributed by atoms with Gasteiger partial charge in [0.25, 0.3) is 0 Å². The van der Waals surface area contributed by atoms with Crippen molar-refractivity contribution in [3.8, 4) is 0 Å². The van der Waals surface area contributed by atoms with Gasteiger partial charge in [-0.05, 0) is 24.5 Å². The molecule has 1 atom stereocenters.